The molecule has 2 amide bonds. The minimum Gasteiger partial charge on any atom is -0.478 e. The number of carbonyl (C=O) groups is 8. The Morgan fingerprint density at radius 1 is 0.494 bits per heavy atom. The lowest BCUT2D eigenvalue weighted by Gasteiger charge is -2.37. The minimum atomic E-state index is -1.22. The second-order valence-electron chi connectivity index (χ2n) is 26.0. The summed E-state index contributed by atoms with van der Waals surface area (Å²) in [7, 11) is 5.38. The number of Topliss-reactive ketones (excluding diaryl/α,β-unsaturated/α-hetero) is 4. The van der Waals surface area contributed by atoms with Gasteiger partial charge in [-0.3, -0.25) is 59.1 Å². The summed E-state index contributed by atoms with van der Waals surface area (Å²) in [5.41, 5.74) is 10.6. The predicted octanol–water partition coefficient (Wildman–Crippen LogP) is 7.37. The first-order chi connectivity index (χ1) is 42.3. The molecular weight excluding hydrogens is 1150 g/mol. The number of nitro groups is 3. The molecule has 4 aromatic carbocycles. The van der Waals surface area contributed by atoms with Crippen molar-refractivity contribution >= 4 is 69.6 Å². The summed E-state index contributed by atoms with van der Waals surface area (Å²) >= 11 is 0. The van der Waals surface area contributed by atoms with Crippen LogP contribution in [-0.4, -0.2) is 136 Å². The van der Waals surface area contributed by atoms with Gasteiger partial charge in [0.15, 0.2) is 0 Å². The monoisotopic (exact) mass is 1220 g/mol. The number of esters is 1. The molecule has 468 valence electrons. The number of benzene rings is 4. The number of nitro benzene ring substituents is 3. The zero-order valence-electron chi connectivity index (χ0n) is 50.1. The van der Waals surface area contributed by atoms with Crippen molar-refractivity contribution in [3.8, 4) is 0 Å². The van der Waals surface area contributed by atoms with Crippen LogP contribution >= 0.6 is 0 Å². The number of carboxylic acids is 1. The molecule has 0 atom stereocenters. The summed E-state index contributed by atoms with van der Waals surface area (Å²) < 4.78 is 4.68. The third-order valence-corrected chi connectivity index (χ3v) is 21.2. The van der Waals surface area contributed by atoms with Gasteiger partial charge in [-0.25, -0.2) is 9.59 Å². The highest BCUT2D eigenvalue weighted by Crippen LogP contribution is 2.55. The van der Waals surface area contributed by atoms with E-state index in [0.29, 0.717) is 76.7 Å². The van der Waals surface area contributed by atoms with E-state index in [1.807, 2.05) is 6.07 Å². The lowest BCUT2D eigenvalue weighted by molar-refractivity contribution is -0.385. The van der Waals surface area contributed by atoms with E-state index in [0.717, 1.165) is 126 Å². The number of likely N-dealkylation sites (tertiary alicyclic amines) is 2. The first-order valence-corrected chi connectivity index (χ1v) is 30.7. The largest absolute Gasteiger partial charge is 0.478 e. The van der Waals surface area contributed by atoms with Crippen molar-refractivity contribution in [1.82, 2.24) is 20.4 Å². The zero-order valence-corrected chi connectivity index (χ0v) is 50.1. The van der Waals surface area contributed by atoms with Crippen molar-refractivity contribution in [3.63, 3.8) is 0 Å². The third-order valence-electron chi connectivity index (χ3n) is 21.2. The number of anilines is 1. The highest BCUT2D eigenvalue weighted by molar-refractivity contribution is 6.07. The van der Waals surface area contributed by atoms with E-state index in [1.165, 1.54) is 37.4 Å². The highest BCUT2D eigenvalue weighted by atomic mass is 16.6. The van der Waals surface area contributed by atoms with E-state index in [4.69, 9.17) is 10.8 Å². The van der Waals surface area contributed by atoms with Gasteiger partial charge in [-0.05, 0) is 174 Å². The number of amides is 2. The van der Waals surface area contributed by atoms with Crippen LogP contribution in [0.2, 0.25) is 0 Å². The van der Waals surface area contributed by atoms with Gasteiger partial charge in [-0.1, -0.05) is 25.7 Å². The summed E-state index contributed by atoms with van der Waals surface area (Å²) in [5, 5.41) is 48.7. The van der Waals surface area contributed by atoms with Crippen molar-refractivity contribution in [3.05, 3.63) is 146 Å². The number of rotatable bonds is 9. The number of fused-ring (bicyclic) bond motifs is 8. The Labute approximate surface area is 512 Å². The van der Waals surface area contributed by atoms with Gasteiger partial charge in [0.25, 0.3) is 28.9 Å². The third kappa shape index (κ3) is 10.8. The molecule has 0 radical (unpaired) electrons. The van der Waals surface area contributed by atoms with Crippen molar-refractivity contribution in [2.45, 2.75) is 162 Å². The molecular formula is C65H72N8O16. The Balaban J connectivity index is 0.000000123. The average Bonchev–Trinajstić information content (AvgIpc) is 1.68. The smallest absolute Gasteiger partial charge is 0.338 e. The number of aromatic carboxylic acids is 1. The fourth-order valence-corrected chi connectivity index (χ4v) is 15.4. The van der Waals surface area contributed by atoms with Crippen molar-refractivity contribution in [2.75, 3.05) is 53.1 Å². The van der Waals surface area contributed by atoms with Crippen LogP contribution in [0.5, 0.6) is 0 Å². The fraction of sp³-hybridized carbons (Fsp3) is 0.508. The van der Waals surface area contributed by atoms with Gasteiger partial charge < -0.3 is 36.0 Å². The zero-order chi connectivity index (χ0) is 63.6. The number of ether oxygens (including phenoxy) is 1. The number of non-ortho nitro benzene ring substituents is 3. The number of nitrogens with one attached hydrogen (secondary N) is 2. The van der Waals surface area contributed by atoms with Crippen LogP contribution in [0.1, 0.15) is 189 Å². The molecule has 4 spiro atoms. The Morgan fingerprint density at radius 2 is 0.787 bits per heavy atom. The van der Waals surface area contributed by atoms with Crippen LogP contribution in [0.25, 0.3) is 0 Å². The van der Waals surface area contributed by atoms with Gasteiger partial charge in [-0.15, -0.1) is 0 Å². The second-order valence-corrected chi connectivity index (χ2v) is 26.0. The topological polar surface area (TPSA) is 352 Å². The molecule has 0 bridgehead atoms. The van der Waals surface area contributed by atoms with E-state index >= 15 is 0 Å². The first-order valence-electron chi connectivity index (χ1n) is 30.7. The van der Waals surface area contributed by atoms with Crippen LogP contribution in [0.15, 0.2) is 48.5 Å². The molecule has 0 aromatic heterocycles. The van der Waals surface area contributed by atoms with E-state index in [1.54, 1.807) is 6.07 Å². The lowest BCUT2D eigenvalue weighted by atomic mass is 9.64. The summed E-state index contributed by atoms with van der Waals surface area (Å²) in [6.45, 7) is 3.84. The molecule has 2 saturated heterocycles. The van der Waals surface area contributed by atoms with Gasteiger partial charge >= 0.3 is 11.9 Å². The van der Waals surface area contributed by atoms with Crippen LogP contribution in [0.3, 0.4) is 0 Å². The van der Waals surface area contributed by atoms with Crippen LogP contribution in [-0.2, 0) is 71.3 Å². The van der Waals surface area contributed by atoms with Crippen molar-refractivity contribution in [2.24, 2.45) is 0 Å². The molecule has 24 heteroatoms. The lowest BCUT2D eigenvalue weighted by Crippen LogP contribution is -2.43. The molecule has 4 saturated carbocycles. The molecule has 10 aliphatic rings. The Morgan fingerprint density at radius 3 is 1.09 bits per heavy atom. The maximum atomic E-state index is 12.9. The Hall–Kier alpha value is -8.64. The number of carboxylic acid groups (broad SMARTS) is 1. The van der Waals surface area contributed by atoms with Crippen molar-refractivity contribution < 1.29 is 63.0 Å². The van der Waals surface area contributed by atoms with Gasteiger partial charge in [0.05, 0.1) is 60.2 Å². The predicted molar refractivity (Wildman–Crippen MR) is 321 cm³/mol. The standard InChI is InChI=1S/C19H23N3O4.C19H25N3O2.C14H13NO5.C13H11NO5/c1-21-7-3-12(4-8-21)20-18(24)15-9-13(22(25)26)10-16-14(15)11-17(23)19(16)5-2-6-19;1-22-7-3-13(4-8-22)21-18(24)15-9-12(20)10-16-14(15)11-17(23)19(16)5-2-6-19;1-20-13(17)10-5-8(15(18)19)6-11-9(10)7-12(16)14(11)3-2-4-14;15-11-6-8-9(12(16)17)4-7(14(18)19)5-10(8)13(11)2-1-3-13/h9-10,12H,2-8,11H2,1H3,(H,20,24);9-10,13H,2-8,11,20H2,1H3,(H,21,24);5-6H,2-4,7H2,1H3;4-5H,1-3,6H2,(H,16,17). The number of methoxy groups -OCH3 is 1. The number of nitrogen functional groups attached to an aromatic ring is 1. The quantitative estimate of drug-likeness (QED) is 0.0549. The van der Waals surface area contributed by atoms with Gasteiger partial charge in [0.1, 0.15) is 23.1 Å². The summed E-state index contributed by atoms with van der Waals surface area (Å²) in [6, 6.07) is 11.9. The van der Waals surface area contributed by atoms with Crippen LogP contribution < -0.4 is 16.4 Å². The number of hydrogen-bond donors (Lipinski definition) is 4. The normalized spacial score (nSPS) is 20.9. The summed E-state index contributed by atoms with van der Waals surface area (Å²) in [5.74, 6) is -1.78. The van der Waals surface area contributed by atoms with Gasteiger partial charge in [0.2, 0.25) is 0 Å². The molecule has 0 unspecified atom stereocenters. The second kappa shape index (κ2) is 23.7. The number of nitrogens with zero attached hydrogens (tertiary/aromatic N) is 5. The van der Waals surface area contributed by atoms with E-state index in [2.05, 4.69) is 39.3 Å². The number of piperidine rings is 2. The van der Waals surface area contributed by atoms with E-state index in [-0.39, 0.29) is 99.9 Å². The minimum absolute atomic E-state index is 0.00301. The Bertz CT molecular complexity index is 3730. The summed E-state index contributed by atoms with van der Waals surface area (Å²) in [6.07, 6.45) is 14.4. The maximum absolute atomic E-state index is 12.9. The van der Waals surface area contributed by atoms with E-state index < -0.39 is 43.0 Å². The molecule has 2 aliphatic heterocycles. The number of hydrogen-bond acceptors (Lipinski definition) is 18. The molecule has 14 rings (SSSR count). The molecule has 5 N–H and O–H groups in total. The molecule has 2 heterocycles. The number of nitrogens with two attached hydrogens (primary N) is 1. The molecule has 8 aliphatic carbocycles. The number of carbonyl (C=O) groups excluding carboxylic acids is 7. The van der Waals surface area contributed by atoms with Crippen LogP contribution in [0.4, 0.5) is 22.7 Å². The fourth-order valence-electron chi connectivity index (χ4n) is 15.4. The molecule has 4 aromatic rings. The van der Waals surface area contributed by atoms with Gasteiger partial charge in [-0.2, -0.15) is 0 Å². The first kappa shape index (κ1) is 62.0. The van der Waals surface area contributed by atoms with E-state index in [9.17, 15) is 68.7 Å². The molecule has 24 nitrogen and oxygen atoms in total. The average molecular weight is 1220 g/mol. The number of ketones is 4. The maximum Gasteiger partial charge on any atom is 0.338 e. The molecule has 6 fully saturated rings. The van der Waals surface area contributed by atoms with Crippen molar-refractivity contribution in [1.29, 1.82) is 0 Å². The summed E-state index contributed by atoms with van der Waals surface area (Å²) in [4.78, 5) is 135. The van der Waals surface area contributed by atoms with Gasteiger partial charge in [0, 0.05) is 85.4 Å². The highest BCUT2D eigenvalue weighted by Gasteiger charge is 2.55. The van der Waals surface area contributed by atoms with Crippen LogP contribution in [0, 0.1) is 30.3 Å². The molecule has 89 heavy (non-hydrogen) atoms. The Kier molecular flexibility index (Phi) is 16.5. The SMILES string of the molecule is CN1CCC(NC(=O)c2cc(N)cc3c2CC(=O)C32CCC2)CC1.CN1CCC(NC(=O)c2cc([N+](=O)[O-])cc3c2CC(=O)C32CCC2)CC1.COC(=O)c1cc([N+](=O)[O-])cc2c1CC(=O)C21CCC1.O=C(O)c1cc([N+](=O)[O-])cc2c1CC(=O)C21CCC1.